The van der Waals surface area contributed by atoms with Crippen LogP contribution in [0.25, 0.3) is 0 Å². The molecule has 0 bridgehead atoms. The maximum Gasteiger partial charge on any atom is 0.314 e. The minimum Gasteiger partial charge on any atom is -0.549 e. The summed E-state index contributed by atoms with van der Waals surface area (Å²) in [5.41, 5.74) is 0.959. The molecule has 0 rings (SSSR count). The van der Waals surface area contributed by atoms with Gasteiger partial charge in [0.2, 0.25) is 0 Å². The molecule has 14 heavy (non-hydrogen) atoms. The maximum atomic E-state index is 11.1. The van der Waals surface area contributed by atoms with E-state index >= 15 is 0 Å². The number of carboxylic acids is 1. The SMILES string of the molecule is CCOC(=O)C(CC=C(C)C)C(=O)[O-]. The highest BCUT2D eigenvalue weighted by Crippen LogP contribution is 2.08. The fourth-order valence-corrected chi connectivity index (χ4v) is 0.885. The van der Waals surface area contributed by atoms with Crippen molar-refractivity contribution in [3.05, 3.63) is 11.6 Å². The van der Waals surface area contributed by atoms with E-state index in [1.165, 1.54) is 0 Å². The molecular formula is C10H15O4-. The van der Waals surface area contributed by atoms with Crippen molar-refractivity contribution in [2.45, 2.75) is 27.2 Å². The molecule has 0 N–H and O–H groups in total. The third kappa shape index (κ3) is 4.64. The van der Waals surface area contributed by atoms with Crippen LogP contribution in [0.5, 0.6) is 0 Å². The predicted molar refractivity (Wildman–Crippen MR) is 49.2 cm³/mol. The second-order valence-electron chi connectivity index (χ2n) is 3.14. The van der Waals surface area contributed by atoms with E-state index in [2.05, 4.69) is 4.74 Å². The number of allylic oxidation sites excluding steroid dienone is 2. The second kappa shape index (κ2) is 6.18. The zero-order valence-corrected chi connectivity index (χ0v) is 8.70. The van der Waals surface area contributed by atoms with Gasteiger partial charge in [-0.2, -0.15) is 0 Å². The Balaban J connectivity index is 4.37. The molecule has 0 saturated heterocycles. The first-order chi connectivity index (χ1) is 6.49. The van der Waals surface area contributed by atoms with Crippen LogP contribution in [-0.2, 0) is 14.3 Å². The van der Waals surface area contributed by atoms with Gasteiger partial charge in [-0.25, -0.2) is 0 Å². The number of carboxylic acid groups (broad SMARTS) is 1. The molecule has 0 amide bonds. The van der Waals surface area contributed by atoms with E-state index in [-0.39, 0.29) is 13.0 Å². The molecule has 0 aliphatic rings. The maximum absolute atomic E-state index is 11.1. The zero-order valence-electron chi connectivity index (χ0n) is 8.70. The van der Waals surface area contributed by atoms with E-state index in [9.17, 15) is 14.7 Å². The third-order valence-electron chi connectivity index (χ3n) is 1.62. The molecule has 0 aliphatic heterocycles. The monoisotopic (exact) mass is 199 g/mol. The second-order valence-corrected chi connectivity index (χ2v) is 3.14. The summed E-state index contributed by atoms with van der Waals surface area (Å²) in [5, 5.41) is 10.6. The smallest absolute Gasteiger partial charge is 0.314 e. The van der Waals surface area contributed by atoms with Crippen molar-refractivity contribution in [1.82, 2.24) is 0 Å². The van der Waals surface area contributed by atoms with E-state index in [4.69, 9.17) is 0 Å². The first-order valence-corrected chi connectivity index (χ1v) is 4.49. The van der Waals surface area contributed by atoms with Gasteiger partial charge >= 0.3 is 5.97 Å². The average Bonchev–Trinajstić information content (AvgIpc) is 2.03. The molecule has 80 valence electrons. The van der Waals surface area contributed by atoms with Gasteiger partial charge in [-0.1, -0.05) is 11.6 Å². The van der Waals surface area contributed by atoms with E-state index in [1.54, 1.807) is 13.0 Å². The normalized spacial score (nSPS) is 11.6. The van der Waals surface area contributed by atoms with Crippen LogP contribution < -0.4 is 5.11 Å². The number of ether oxygens (including phenoxy) is 1. The third-order valence-corrected chi connectivity index (χ3v) is 1.62. The number of aliphatic carboxylic acids is 1. The minimum atomic E-state index is -1.39. The van der Waals surface area contributed by atoms with Crippen LogP contribution in [-0.4, -0.2) is 18.5 Å². The quantitative estimate of drug-likeness (QED) is 0.362. The average molecular weight is 199 g/mol. The van der Waals surface area contributed by atoms with Crippen LogP contribution in [0.2, 0.25) is 0 Å². The van der Waals surface area contributed by atoms with Crippen LogP contribution in [0.3, 0.4) is 0 Å². The Morgan fingerprint density at radius 1 is 1.43 bits per heavy atom. The van der Waals surface area contributed by atoms with Crippen molar-refractivity contribution in [2.24, 2.45) is 5.92 Å². The number of carbonyl (C=O) groups is 2. The van der Waals surface area contributed by atoms with Gasteiger partial charge in [-0.15, -0.1) is 0 Å². The van der Waals surface area contributed by atoms with Gasteiger partial charge in [0, 0.05) is 0 Å². The Morgan fingerprint density at radius 3 is 2.36 bits per heavy atom. The first-order valence-electron chi connectivity index (χ1n) is 4.49. The summed E-state index contributed by atoms with van der Waals surface area (Å²) in [6, 6.07) is 0. The van der Waals surface area contributed by atoms with Gasteiger partial charge in [-0.3, -0.25) is 4.79 Å². The van der Waals surface area contributed by atoms with Gasteiger partial charge < -0.3 is 14.6 Å². The summed E-state index contributed by atoms with van der Waals surface area (Å²) >= 11 is 0. The molecule has 0 aromatic carbocycles. The van der Waals surface area contributed by atoms with E-state index in [0.29, 0.717) is 0 Å². The molecule has 4 nitrogen and oxygen atoms in total. The Hall–Kier alpha value is -1.32. The fraction of sp³-hybridized carbons (Fsp3) is 0.600. The van der Waals surface area contributed by atoms with Crippen LogP contribution in [0, 0.1) is 5.92 Å². The van der Waals surface area contributed by atoms with Crippen LogP contribution in [0.4, 0.5) is 0 Å². The lowest BCUT2D eigenvalue weighted by atomic mass is 10.0. The van der Waals surface area contributed by atoms with Gasteiger partial charge in [0.25, 0.3) is 0 Å². The molecule has 0 heterocycles. The lowest BCUT2D eigenvalue weighted by molar-refractivity contribution is -0.310. The van der Waals surface area contributed by atoms with Gasteiger partial charge in [0.05, 0.1) is 18.5 Å². The lowest BCUT2D eigenvalue weighted by Crippen LogP contribution is -2.37. The lowest BCUT2D eigenvalue weighted by Gasteiger charge is -2.14. The van der Waals surface area contributed by atoms with Crippen molar-refractivity contribution >= 4 is 11.9 Å². The molecule has 4 heteroatoms. The van der Waals surface area contributed by atoms with Crippen molar-refractivity contribution in [1.29, 1.82) is 0 Å². The summed E-state index contributed by atoms with van der Waals surface area (Å²) in [5.74, 6) is -3.31. The molecule has 0 radical (unpaired) electrons. The molecule has 0 aromatic rings. The highest BCUT2D eigenvalue weighted by Gasteiger charge is 2.19. The molecule has 0 spiro atoms. The van der Waals surface area contributed by atoms with Crippen molar-refractivity contribution in [3.8, 4) is 0 Å². The molecule has 1 atom stereocenters. The predicted octanol–water partition coefficient (Wildman–Crippen LogP) is 0.272. The summed E-state index contributed by atoms with van der Waals surface area (Å²) in [4.78, 5) is 21.7. The highest BCUT2D eigenvalue weighted by atomic mass is 16.5. The molecular weight excluding hydrogens is 184 g/mol. The fourth-order valence-electron chi connectivity index (χ4n) is 0.885. The number of rotatable bonds is 5. The van der Waals surface area contributed by atoms with E-state index in [0.717, 1.165) is 5.57 Å². The molecule has 1 unspecified atom stereocenters. The molecule has 0 aliphatic carbocycles. The van der Waals surface area contributed by atoms with Crippen molar-refractivity contribution in [2.75, 3.05) is 6.61 Å². The highest BCUT2D eigenvalue weighted by molar-refractivity contribution is 5.93. The Bertz CT molecular complexity index is 239. The van der Waals surface area contributed by atoms with Crippen molar-refractivity contribution < 1.29 is 19.4 Å². The van der Waals surface area contributed by atoms with Gasteiger partial charge in [0.15, 0.2) is 0 Å². The summed E-state index contributed by atoms with van der Waals surface area (Å²) < 4.78 is 4.61. The molecule has 0 fully saturated rings. The number of hydrogen-bond acceptors (Lipinski definition) is 4. The number of hydrogen-bond donors (Lipinski definition) is 0. The standard InChI is InChI=1S/C10H16O4/c1-4-14-10(13)8(9(11)12)6-5-7(2)3/h5,8H,4,6H2,1-3H3,(H,11,12)/p-1. The summed E-state index contributed by atoms with van der Waals surface area (Å²) in [6.45, 7) is 5.47. The van der Waals surface area contributed by atoms with Gasteiger partial charge in [0.1, 0.15) is 0 Å². The molecule has 0 saturated carbocycles. The first kappa shape index (κ1) is 12.7. The topological polar surface area (TPSA) is 66.4 Å². The number of carbonyl (C=O) groups excluding carboxylic acids is 2. The Morgan fingerprint density at radius 2 is 2.00 bits per heavy atom. The van der Waals surface area contributed by atoms with E-state index in [1.807, 2.05) is 13.8 Å². The Labute approximate surface area is 83.6 Å². The zero-order chi connectivity index (χ0) is 11.1. The van der Waals surface area contributed by atoms with Crippen molar-refractivity contribution in [3.63, 3.8) is 0 Å². The molecule has 0 aromatic heterocycles. The summed E-state index contributed by atoms with van der Waals surface area (Å²) in [6.07, 6.45) is 1.81. The van der Waals surface area contributed by atoms with Crippen LogP contribution in [0.1, 0.15) is 27.2 Å². The van der Waals surface area contributed by atoms with Gasteiger partial charge in [-0.05, 0) is 27.2 Å². The van der Waals surface area contributed by atoms with Crippen LogP contribution >= 0.6 is 0 Å². The Kier molecular flexibility index (Phi) is 5.60. The minimum absolute atomic E-state index is 0.128. The largest absolute Gasteiger partial charge is 0.549 e. The van der Waals surface area contributed by atoms with E-state index < -0.39 is 17.9 Å². The van der Waals surface area contributed by atoms with Crippen LogP contribution in [0.15, 0.2) is 11.6 Å². The summed E-state index contributed by atoms with van der Waals surface area (Å²) in [7, 11) is 0. The number of esters is 1.